The van der Waals surface area contributed by atoms with E-state index in [0.717, 1.165) is 151 Å². The number of carbonyl (C=O) groups excluding carboxylic acids is 4. The maximum absolute atomic E-state index is 15.9. The number of epoxide rings is 1. The van der Waals surface area contributed by atoms with Crippen LogP contribution in [0.4, 0.5) is 4.39 Å². The Labute approximate surface area is 612 Å². The van der Waals surface area contributed by atoms with Crippen LogP contribution >= 0.6 is 11.6 Å². The minimum absolute atomic E-state index is 0.0214. The van der Waals surface area contributed by atoms with Gasteiger partial charge in [-0.05, 0) is 213 Å². The average Bonchev–Trinajstić information content (AvgIpc) is 1.21. The quantitative estimate of drug-likeness (QED) is 0.00897. The lowest BCUT2D eigenvalue weighted by Crippen LogP contribution is -2.45. The minimum atomic E-state index is -0.981. The summed E-state index contributed by atoms with van der Waals surface area (Å²) >= 11 is 6.65. The molecule has 12 rings (SSSR count). The van der Waals surface area contributed by atoms with Crippen LogP contribution in [0.3, 0.4) is 0 Å². The van der Waals surface area contributed by atoms with E-state index in [1.165, 1.54) is 48.3 Å². The van der Waals surface area contributed by atoms with Crippen LogP contribution in [0.1, 0.15) is 187 Å². The van der Waals surface area contributed by atoms with E-state index in [1.54, 1.807) is 54.6 Å². The zero-order valence-electron chi connectivity index (χ0n) is 59.6. The molecule has 2 saturated heterocycles. The van der Waals surface area contributed by atoms with E-state index in [2.05, 4.69) is 43.1 Å². The van der Waals surface area contributed by atoms with Crippen molar-refractivity contribution in [2.24, 2.45) is 27.5 Å². The van der Waals surface area contributed by atoms with Gasteiger partial charge in [0, 0.05) is 48.8 Å². The molecule has 0 aromatic heterocycles. The highest BCUT2D eigenvalue weighted by Gasteiger charge is 2.44. The van der Waals surface area contributed by atoms with Crippen LogP contribution in [0, 0.1) is 23.1 Å². The molecule has 0 amide bonds. The van der Waals surface area contributed by atoms with Crippen molar-refractivity contribution in [2.75, 3.05) is 52.9 Å². The Hall–Kier alpha value is -9.04. The van der Waals surface area contributed by atoms with Gasteiger partial charge in [0.2, 0.25) is 0 Å². The van der Waals surface area contributed by atoms with Crippen LogP contribution in [0.15, 0.2) is 156 Å². The molecular formula is C85H92ClFN2O15. The highest BCUT2D eigenvalue weighted by Crippen LogP contribution is 2.40. The van der Waals surface area contributed by atoms with Crippen LogP contribution < -0.4 is 28.4 Å². The largest absolute Gasteiger partial charge is 0.493 e. The van der Waals surface area contributed by atoms with Gasteiger partial charge < -0.3 is 52.1 Å². The molecule has 4 aliphatic rings. The Morgan fingerprint density at radius 1 is 0.538 bits per heavy atom. The molecule has 0 spiro atoms. The van der Waals surface area contributed by atoms with Gasteiger partial charge in [-0.2, -0.15) is 10.2 Å². The van der Waals surface area contributed by atoms with Gasteiger partial charge in [-0.1, -0.05) is 107 Å². The normalized spacial score (nSPS) is 18.2. The summed E-state index contributed by atoms with van der Waals surface area (Å²) < 4.78 is 80.8. The number of rotatable bonds is 36. The van der Waals surface area contributed by atoms with E-state index in [9.17, 15) is 19.2 Å². The Morgan fingerprint density at radius 2 is 1.17 bits per heavy atom. The lowest BCUT2D eigenvalue weighted by Gasteiger charge is -2.40. The number of halogens is 2. The number of hydrogen-bond acceptors (Lipinski definition) is 17. The van der Waals surface area contributed by atoms with Crippen molar-refractivity contribution < 1.29 is 75.7 Å². The van der Waals surface area contributed by atoms with Crippen molar-refractivity contribution in [2.45, 2.75) is 155 Å². The molecule has 8 aromatic rings. The number of ether oxygens (including phenoxy) is 11. The zero-order chi connectivity index (χ0) is 72.2. The summed E-state index contributed by atoms with van der Waals surface area (Å²) in [6.45, 7) is 12.0. The molecule has 19 heteroatoms. The lowest BCUT2D eigenvalue weighted by molar-refractivity contribution is -0.150. The maximum atomic E-state index is 15.9. The maximum Gasteiger partial charge on any atom is 0.343 e. The van der Waals surface area contributed by atoms with Crippen molar-refractivity contribution in [1.29, 1.82) is 0 Å². The topological polar surface area (TPSA) is 198 Å². The van der Waals surface area contributed by atoms with Gasteiger partial charge in [-0.25, -0.2) is 23.6 Å². The number of fused-ring (bicyclic) bond motifs is 3. The van der Waals surface area contributed by atoms with Gasteiger partial charge in [-0.15, -0.1) is 0 Å². The van der Waals surface area contributed by atoms with Crippen molar-refractivity contribution in [3.05, 3.63) is 201 Å². The molecule has 2 aliphatic heterocycles. The fourth-order valence-electron chi connectivity index (χ4n) is 13.6. The van der Waals surface area contributed by atoms with Crippen molar-refractivity contribution in [3.8, 4) is 34.5 Å². The second kappa shape index (κ2) is 36.6. The third-order valence-corrected chi connectivity index (χ3v) is 20.3. The molecule has 4 fully saturated rings. The molecular weight excluding hydrogens is 1340 g/mol. The summed E-state index contributed by atoms with van der Waals surface area (Å²) in [5, 5.41) is 12.2. The number of benzene rings is 8. The van der Waals surface area contributed by atoms with Crippen LogP contribution in [0.5, 0.6) is 34.5 Å². The molecule has 3 unspecified atom stereocenters. The van der Waals surface area contributed by atoms with E-state index in [4.69, 9.17) is 63.7 Å². The third kappa shape index (κ3) is 20.5. The molecule has 2 heterocycles. The first-order valence-corrected chi connectivity index (χ1v) is 37.3. The van der Waals surface area contributed by atoms with Crippen LogP contribution in [-0.4, -0.2) is 107 Å². The van der Waals surface area contributed by atoms with Gasteiger partial charge in [0.25, 0.3) is 0 Å². The zero-order valence-corrected chi connectivity index (χ0v) is 60.3. The molecule has 546 valence electrons. The SMILES string of the molecule is CCCc1ccc(COc2ccc(OC(=O)c3ccc4c(/C=N/N=C/c5cc(C(=O)OC6CCC(CCC)CC6)ccc5OC(=O)c5ccc(OC(=O)c6ccc7cc(OCCCOCC8CCC9OC9C8)ccc7c6)c(F)c5)c(OCCCCCCOCC5(CC)COC5)ccc4c3)cc2Cl)cc1. The van der Waals surface area contributed by atoms with E-state index in [0.29, 0.717) is 97.3 Å². The summed E-state index contributed by atoms with van der Waals surface area (Å²) in [7, 11) is 0. The Kier molecular flexibility index (Phi) is 26.3. The predicted octanol–water partition coefficient (Wildman–Crippen LogP) is 18.7. The van der Waals surface area contributed by atoms with Crippen LogP contribution in [0.2, 0.25) is 5.02 Å². The van der Waals surface area contributed by atoms with Gasteiger partial charge in [0.1, 0.15) is 41.5 Å². The fraction of sp³-hybridized carbons (Fsp3) is 0.412. The van der Waals surface area contributed by atoms with Gasteiger partial charge >= 0.3 is 23.9 Å². The standard InChI is InChI=1S/C85H92ClFN2O15/c1-4-12-56-14-16-58(17-15-56)52-99-77-37-31-70(48-73(77)86)101-82(91)64-24-32-71-62(44-64)25-35-76(98-40-10-8-7-9-38-95-53-85(6-3)54-96-55-85)72(71)50-89-88-49-67-45-65(81(90)100-68-28-18-57(13-5-2)19-29-68)26-34-75(67)103-84(93)66-27-36-78(74(87)47-66)104-83(92)63-22-21-61-46-69(30-23-60(61)43-63)97-41-11-39-94-51-59-20-33-79-80(42-59)102-79/h14-17,21-27,30-32,34-37,43-50,57,59,68,79-80H,4-13,18-20,28-29,33,38-42,51-55H2,1-3H3/b88-49+,89-50+. The van der Waals surface area contributed by atoms with Crippen LogP contribution in [0.25, 0.3) is 21.5 Å². The summed E-state index contributed by atoms with van der Waals surface area (Å²) in [4.78, 5) is 55.1. The third-order valence-electron chi connectivity index (χ3n) is 20.0. The molecule has 2 aliphatic carbocycles. The average molecular weight is 1440 g/mol. The van der Waals surface area contributed by atoms with Crippen LogP contribution in [-0.2, 0) is 36.7 Å². The molecule has 0 radical (unpaired) electrons. The highest BCUT2D eigenvalue weighted by atomic mass is 35.5. The van der Waals surface area contributed by atoms with Gasteiger partial charge in [0.15, 0.2) is 11.6 Å². The first-order chi connectivity index (χ1) is 50.8. The summed E-state index contributed by atoms with van der Waals surface area (Å²) in [6.07, 6.45) is 20.0. The second-order valence-corrected chi connectivity index (χ2v) is 28.2. The monoisotopic (exact) mass is 1430 g/mol. The van der Waals surface area contributed by atoms with E-state index >= 15 is 4.39 Å². The highest BCUT2D eigenvalue weighted by molar-refractivity contribution is 6.32. The van der Waals surface area contributed by atoms with E-state index in [-0.39, 0.29) is 55.9 Å². The number of carbonyl (C=O) groups is 4. The second-order valence-electron chi connectivity index (χ2n) is 27.8. The Morgan fingerprint density at radius 3 is 1.92 bits per heavy atom. The Bertz CT molecular complexity index is 4330. The predicted molar refractivity (Wildman–Crippen MR) is 398 cm³/mol. The lowest BCUT2D eigenvalue weighted by atomic mass is 9.84. The van der Waals surface area contributed by atoms with E-state index < -0.39 is 35.4 Å². The summed E-state index contributed by atoms with van der Waals surface area (Å²) in [5.74, 6) is -1.25. The molecule has 2 saturated carbocycles. The number of nitrogens with zero attached hydrogens (tertiary/aromatic N) is 2. The Balaban J connectivity index is 0.718. The summed E-state index contributed by atoms with van der Waals surface area (Å²) in [5.41, 5.74) is 3.62. The first kappa shape index (κ1) is 74.7. The van der Waals surface area contributed by atoms with Crippen molar-refractivity contribution >= 4 is 69.5 Å². The van der Waals surface area contributed by atoms with Crippen molar-refractivity contribution in [1.82, 2.24) is 0 Å². The van der Waals surface area contributed by atoms with E-state index in [1.807, 2.05) is 42.5 Å². The number of unbranched alkanes of at least 4 members (excludes halogenated alkanes) is 3. The first-order valence-electron chi connectivity index (χ1n) is 36.9. The molecule has 104 heavy (non-hydrogen) atoms. The number of hydrogen-bond donors (Lipinski definition) is 0. The van der Waals surface area contributed by atoms with Gasteiger partial charge in [0.05, 0.1) is 84.9 Å². The van der Waals surface area contributed by atoms with Crippen molar-refractivity contribution in [3.63, 3.8) is 0 Å². The minimum Gasteiger partial charge on any atom is -0.493 e. The smallest absolute Gasteiger partial charge is 0.343 e. The number of aryl methyl sites for hydroxylation is 1. The molecule has 8 aromatic carbocycles. The molecule has 3 atom stereocenters. The van der Waals surface area contributed by atoms with Gasteiger partial charge in [-0.3, -0.25) is 0 Å². The molecule has 0 N–H and O–H groups in total. The summed E-state index contributed by atoms with van der Waals surface area (Å²) in [6, 6.07) is 40.4. The molecule has 0 bridgehead atoms. The molecule has 17 nitrogen and oxygen atoms in total. The fourth-order valence-corrected chi connectivity index (χ4v) is 13.9. The number of esters is 4.